The number of rotatable bonds is 5. The summed E-state index contributed by atoms with van der Waals surface area (Å²) in [6, 6.07) is 0. The highest BCUT2D eigenvalue weighted by Crippen LogP contribution is 2.17. The summed E-state index contributed by atoms with van der Waals surface area (Å²) in [6.45, 7) is 3.03. The minimum atomic E-state index is -0.0883. The SMILES string of the molecule is COC(=O)C1CCN(CCCCO)C1. The van der Waals surface area contributed by atoms with E-state index in [1.807, 2.05) is 0 Å². The van der Waals surface area contributed by atoms with E-state index in [2.05, 4.69) is 4.90 Å². The highest BCUT2D eigenvalue weighted by molar-refractivity contribution is 5.72. The van der Waals surface area contributed by atoms with E-state index in [0.717, 1.165) is 38.9 Å². The number of carbonyl (C=O) groups excluding carboxylic acids is 1. The summed E-state index contributed by atoms with van der Waals surface area (Å²) in [5.74, 6) is -0.0243. The molecule has 14 heavy (non-hydrogen) atoms. The molecule has 1 saturated heterocycles. The molecule has 0 aliphatic carbocycles. The third-order valence-electron chi connectivity index (χ3n) is 2.69. The fourth-order valence-electron chi connectivity index (χ4n) is 1.84. The molecule has 4 nitrogen and oxygen atoms in total. The van der Waals surface area contributed by atoms with Gasteiger partial charge < -0.3 is 14.7 Å². The number of carbonyl (C=O) groups is 1. The van der Waals surface area contributed by atoms with Crippen molar-refractivity contribution in [2.75, 3.05) is 33.4 Å². The van der Waals surface area contributed by atoms with Crippen LogP contribution < -0.4 is 0 Å². The smallest absolute Gasteiger partial charge is 0.310 e. The summed E-state index contributed by atoms with van der Waals surface area (Å²) in [7, 11) is 1.44. The Kier molecular flexibility index (Phi) is 4.90. The third kappa shape index (κ3) is 3.27. The van der Waals surface area contributed by atoms with Gasteiger partial charge in [0, 0.05) is 13.2 Å². The molecule has 0 radical (unpaired) electrons. The molecule has 0 saturated carbocycles. The van der Waals surface area contributed by atoms with Crippen LogP contribution in [0.4, 0.5) is 0 Å². The van der Waals surface area contributed by atoms with Gasteiger partial charge in [0.15, 0.2) is 0 Å². The maximum absolute atomic E-state index is 11.2. The Hall–Kier alpha value is -0.610. The van der Waals surface area contributed by atoms with Gasteiger partial charge in [0.05, 0.1) is 13.0 Å². The molecule has 1 unspecified atom stereocenters. The number of aliphatic hydroxyl groups is 1. The van der Waals surface area contributed by atoms with E-state index in [4.69, 9.17) is 9.84 Å². The zero-order valence-corrected chi connectivity index (χ0v) is 8.74. The van der Waals surface area contributed by atoms with Gasteiger partial charge in [0.2, 0.25) is 0 Å². The lowest BCUT2D eigenvalue weighted by Gasteiger charge is -2.14. The summed E-state index contributed by atoms with van der Waals surface area (Å²) in [4.78, 5) is 13.5. The monoisotopic (exact) mass is 201 g/mol. The summed E-state index contributed by atoms with van der Waals surface area (Å²) in [6.07, 6.45) is 2.76. The largest absolute Gasteiger partial charge is 0.469 e. The lowest BCUT2D eigenvalue weighted by atomic mass is 10.1. The highest BCUT2D eigenvalue weighted by atomic mass is 16.5. The van der Waals surface area contributed by atoms with E-state index in [1.54, 1.807) is 0 Å². The first-order chi connectivity index (χ1) is 6.77. The number of methoxy groups -OCH3 is 1. The van der Waals surface area contributed by atoms with E-state index in [0.29, 0.717) is 0 Å². The number of likely N-dealkylation sites (tertiary alicyclic amines) is 1. The van der Waals surface area contributed by atoms with E-state index in [-0.39, 0.29) is 18.5 Å². The highest BCUT2D eigenvalue weighted by Gasteiger charge is 2.28. The summed E-state index contributed by atoms with van der Waals surface area (Å²) < 4.78 is 4.70. The molecule has 0 aromatic rings. The van der Waals surface area contributed by atoms with Crippen LogP contribution in [-0.2, 0) is 9.53 Å². The number of esters is 1. The molecular formula is C10H19NO3. The third-order valence-corrected chi connectivity index (χ3v) is 2.69. The molecule has 1 atom stereocenters. The van der Waals surface area contributed by atoms with E-state index >= 15 is 0 Å². The second kappa shape index (κ2) is 5.98. The van der Waals surface area contributed by atoms with Gasteiger partial charge in [-0.1, -0.05) is 0 Å². The number of nitrogens with zero attached hydrogens (tertiary/aromatic N) is 1. The Bertz CT molecular complexity index is 184. The van der Waals surface area contributed by atoms with Crippen molar-refractivity contribution < 1.29 is 14.6 Å². The van der Waals surface area contributed by atoms with Crippen molar-refractivity contribution in [2.24, 2.45) is 5.92 Å². The van der Waals surface area contributed by atoms with Crippen LogP contribution in [0.5, 0.6) is 0 Å². The van der Waals surface area contributed by atoms with Gasteiger partial charge in [-0.25, -0.2) is 0 Å². The van der Waals surface area contributed by atoms with Crippen LogP contribution in [0.2, 0.25) is 0 Å². The van der Waals surface area contributed by atoms with Gasteiger partial charge in [-0.3, -0.25) is 4.79 Å². The molecule has 1 aliphatic rings. The minimum absolute atomic E-state index is 0.0640. The Labute approximate surface area is 84.8 Å². The van der Waals surface area contributed by atoms with Gasteiger partial charge in [-0.2, -0.15) is 0 Å². The zero-order chi connectivity index (χ0) is 10.4. The molecule has 0 bridgehead atoms. The molecule has 0 aromatic heterocycles. The fourth-order valence-corrected chi connectivity index (χ4v) is 1.84. The predicted octanol–water partition coefficient (Wildman–Crippen LogP) is 0.254. The van der Waals surface area contributed by atoms with Crippen molar-refractivity contribution in [3.63, 3.8) is 0 Å². The predicted molar refractivity (Wildman–Crippen MR) is 52.9 cm³/mol. The van der Waals surface area contributed by atoms with Gasteiger partial charge in [-0.05, 0) is 32.4 Å². The van der Waals surface area contributed by atoms with E-state index in [9.17, 15) is 4.79 Å². The van der Waals surface area contributed by atoms with E-state index in [1.165, 1.54) is 7.11 Å². The maximum Gasteiger partial charge on any atom is 0.310 e. The molecule has 1 heterocycles. The van der Waals surface area contributed by atoms with Gasteiger partial charge in [0.25, 0.3) is 0 Å². The molecule has 1 aliphatic heterocycles. The fraction of sp³-hybridized carbons (Fsp3) is 0.900. The van der Waals surface area contributed by atoms with Crippen LogP contribution in [0, 0.1) is 5.92 Å². The lowest BCUT2D eigenvalue weighted by molar-refractivity contribution is -0.144. The molecule has 82 valence electrons. The molecule has 0 amide bonds. The van der Waals surface area contributed by atoms with Crippen molar-refractivity contribution in [1.82, 2.24) is 4.90 Å². The molecule has 0 aromatic carbocycles. The minimum Gasteiger partial charge on any atom is -0.469 e. The lowest BCUT2D eigenvalue weighted by Crippen LogP contribution is -2.25. The summed E-state index contributed by atoms with van der Waals surface area (Å²) in [5, 5.41) is 8.63. The van der Waals surface area contributed by atoms with Crippen molar-refractivity contribution in [3.05, 3.63) is 0 Å². The first kappa shape index (κ1) is 11.5. The molecule has 4 heteroatoms. The topological polar surface area (TPSA) is 49.8 Å². The second-order valence-corrected chi connectivity index (χ2v) is 3.74. The van der Waals surface area contributed by atoms with Gasteiger partial charge in [-0.15, -0.1) is 0 Å². The first-order valence-electron chi connectivity index (χ1n) is 5.19. The molecule has 0 spiro atoms. The average Bonchev–Trinajstić information content (AvgIpc) is 2.66. The maximum atomic E-state index is 11.2. The number of ether oxygens (including phenoxy) is 1. The number of aliphatic hydroxyl groups excluding tert-OH is 1. The van der Waals surface area contributed by atoms with Crippen LogP contribution >= 0.6 is 0 Å². The van der Waals surface area contributed by atoms with Crippen molar-refractivity contribution >= 4 is 5.97 Å². The van der Waals surface area contributed by atoms with Crippen molar-refractivity contribution in [3.8, 4) is 0 Å². The molecule has 1 fully saturated rings. The Morgan fingerprint density at radius 2 is 2.36 bits per heavy atom. The normalized spacial score (nSPS) is 22.6. The molecular weight excluding hydrogens is 182 g/mol. The number of hydrogen-bond acceptors (Lipinski definition) is 4. The van der Waals surface area contributed by atoms with Crippen LogP contribution in [0.25, 0.3) is 0 Å². The second-order valence-electron chi connectivity index (χ2n) is 3.74. The molecule has 1 N–H and O–H groups in total. The van der Waals surface area contributed by atoms with Gasteiger partial charge in [0.1, 0.15) is 0 Å². The van der Waals surface area contributed by atoms with Crippen LogP contribution in [-0.4, -0.2) is 49.3 Å². The van der Waals surface area contributed by atoms with Crippen LogP contribution in [0.1, 0.15) is 19.3 Å². The van der Waals surface area contributed by atoms with Gasteiger partial charge >= 0.3 is 5.97 Å². The number of hydrogen-bond donors (Lipinski definition) is 1. The van der Waals surface area contributed by atoms with Crippen LogP contribution in [0.3, 0.4) is 0 Å². The van der Waals surface area contributed by atoms with Crippen molar-refractivity contribution in [2.45, 2.75) is 19.3 Å². The number of unbranched alkanes of at least 4 members (excludes halogenated alkanes) is 1. The molecule has 1 rings (SSSR count). The summed E-state index contributed by atoms with van der Waals surface area (Å²) in [5.41, 5.74) is 0. The quantitative estimate of drug-likeness (QED) is 0.512. The summed E-state index contributed by atoms with van der Waals surface area (Å²) >= 11 is 0. The van der Waals surface area contributed by atoms with Crippen LogP contribution in [0.15, 0.2) is 0 Å². The Morgan fingerprint density at radius 3 is 3.00 bits per heavy atom. The Balaban J connectivity index is 2.17. The first-order valence-corrected chi connectivity index (χ1v) is 5.19. The standard InChI is InChI=1S/C10H19NO3/c1-14-10(13)9-4-6-11(8-9)5-2-3-7-12/h9,12H,2-8H2,1H3. The average molecular weight is 201 g/mol. The zero-order valence-electron chi connectivity index (χ0n) is 8.74. The Morgan fingerprint density at radius 1 is 1.57 bits per heavy atom. The van der Waals surface area contributed by atoms with E-state index < -0.39 is 0 Å². The van der Waals surface area contributed by atoms with Crippen molar-refractivity contribution in [1.29, 1.82) is 0 Å².